The van der Waals surface area contributed by atoms with E-state index in [4.69, 9.17) is 21.2 Å². The van der Waals surface area contributed by atoms with Crippen molar-refractivity contribution in [2.24, 2.45) is 11.8 Å². The number of rotatable bonds is 5. The van der Waals surface area contributed by atoms with Crippen LogP contribution in [0.2, 0.25) is 5.02 Å². The van der Waals surface area contributed by atoms with Gasteiger partial charge in [0.15, 0.2) is 0 Å². The van der Waals surface area contributed by atoms with Gasteiger partial charge in [0.1, 0.15) is 5.69 Å². The van der Waals surface area contributed by atoms with Crippen LogP contribution in [0.3, 0.4) is 0 Å². The molecule has 1 aromatic carbocycles. The number of carbonyl (C=O) groups is 2. The normalized spacial score (nSPS) is 18.5. The van der Waals surface area contributed by atoms with Gasteiger partial charge >= 0.3 is 5.97 Å². The van der Waals surface area contributed by atoms with E-state index in [0.29, 0.717) is 29.4 Å². The predicted octanol–water partition coefficient (Wildman–Crippen LogP) is 3.96. The lowest BCUT2D eigenvalue weighted by molar-refractivity contribution is -0.138. The molecule has 1 aliphatic heterocycles. The Balaban J connectivity index is 1.71. The summed E-state index contributed by atoms with van der Waals surface area (Å²) in [6, 6.07) is 8.85. The minimum absolute atomic E-state index is 0.0245. The Hall–Kier alpha value is -2.34. The van der Waals surface area contributed by atoms with E-state index in [1.165, 1.54) is 0 Å². The average molecular weight is 377 g/mol. The van der Waals surface area contributed by atoms with Gasteiger partial charge in [0.25, 0.3) is 5.91 Å². The van der Waals surface area contributed by atoms with Crippen LogP contribution < -0.4 is 0 Å². The van der Waals surface area contributed by atoms with Crippen LogP contribution in [0.5, 0.6) is 0 Å². The number of hydrogen-bond donors (Lipinski definition) is 1. The van der Waals surface area contributed by atoms with Crippen LogP contribution in [0.25, 0.3) is 11.3 Å². The van der Waals surface area contributed by atoms with Crippen LogP contribution in [0.1, 0.15) is 36.7 Å². The Kier molecular flexibility index (Phi) is 5.61. The maximum absolute atomic E-state index is 12.8. The Morgan fingerprint density at radius 2 is 2.19 bits per heavy atom. The van der Waals surface area contributed by atoms with Gasteiger partial charge in [0.2, 0.25) is 5.76 Å². The molecule has 138 valence electrons. The van der Waals surface area contributed by atoms with E-state index in [2.05, 4.69) is 5.16 Å². The molecule has 1 saturated heterocycles. The molecule has 2 unspecified atom stereocenters. The highest BCUT2D eigenvalue weighted by molar-refractivity contribution is 6.33. The summed E-state index contributed by atoms with van der Waals surface area (Å²) in [7, 11) is 0. The van der Waals surface area contributed by atoms with Crippen molar-refractivity contribution in [3.05, 3.63) is 41.1 Å². The Labute approximate surface area is 156 Å². The van der Waals surface area contributed by atoms with E-state index in [1.807, 2.05) is 25.1 Å². The van der Waals surface area contributed by atoms with E-state index in [-0.39, 0.29) is 29.9 Å². The zero-order valence-electron chi connectivity index (χ0n) is 14.5. The number of halogens is 1. The van der Waals surface area contributed by atoms with Crippen LogP contribution in [0.15, 0.2) is 34.9 Å². The molecule has 6 nitrogen and oxygen atoms in total. The number of benzene rings is 1. The van der Waals surface area contributed by atoms with Gasteiger partial charge in [-0.15, -0.1) is 0 Å². The maximum atomic E-state index is 12.8. The van der Waals surface area contributed by atoms with Gasteiger partial charge < -0.3 is 14.5 Å². The standard InChI is InChI=1S/C19H21ClN2O4/c1-12(9-18(23)24)13-5-4-8-22(11-13)19(25)17-10-16(21-26-17)14-6-2-3-7-15(14)20/h2-3,6-7,10,12-13H,4-5,8-9,11H2,1H3,(H,23,24). The summed E-state index contributed by atoms with van der Waals surface area (Å²) in [5.41, 5.74) is 1.23. The van der Waals surface area contributed by atoms with Crippen LogP contribution in [-0.2, 0) is 4.79 Å². The second-order valence-corrected chi connectivity index (χ2v) is 7.19. The first-order valence-corrected chi connectivity index (χ1v) is 9.06. The van der Waals surface area contributed by atoms with Crippen LogP contribution >= 0.6 is 11.6 Å². The minimum Gasteiger partial charge on any atom is -0.481 e. The number of likely N-dealkylation sites (tertiary alicyclic amines) is 1. The fourth-order valence-electron chi connectivity index (χ4n) is 3.43. The molecule has 26 heavy (non-hydrogen) atoms. The largest absolute Gasteiger partial charge is 0.481 e. The molecule has 1 amide bonds. The van der Waals surface area contributed by atoms with Gasteiger partial charge in [-0.1, -0.05) is 41.9 Å². The summed E-state index contributed by atoms with van der Waals surface area (Å²) in [6.07, 6.45) is 1.90. The molecule has 7 heteroatoms. The van der Waals surface area contributed by atoms with Gasteiger partial charge in [0.05, 0.1) is 5.02 Å². The molecule has 0 bridgehead atoms. The van der Waals surface area contributed by atoms with Crippen LogP contribution in [-0.4, -0.2) is 40.1 Å². The molecule has 0 aliphatic carbocycles. The molecule has 1 N–H and O–H groups in total. The first-order valence-electron chi connectivity index (χ1n) is 8.68. The quantitative estimate of drug-likeness (QED) is 0.853. The van der Waals surface area contributed by atoms with Crippen molar-refractivity contribution in [2.45, 2.75) is 26.2 Å². The molecule has 0 spiro atoms. The number of aliphatic carboxylic acids is 1. The summed E-state index contributed by atoms with van der Waals surface area (Å²) in [6.45, 7) is 3.10. The van der Waals surface area contributed by atoms with Gasteiger partial charge in [0, 0.05) is 31.1 Å². The van der Waals surface area contributed by atoms with Crippen molar-refractivity contribution in [3.8, 4) is 11.3 Å². The SMILES string of the molecule is CC(CC(=O)O)C1CCCN(C(=O)c2cc(-c3ccccc3Cl)no2)C1. The Morgan fingerprint density at radius 1 is 1.42 bits per heavy atom. The number of nitrogens with zero attached hydrogens (tertiary/aromatic N) is 2. The molecule has 2 aromatic rings. The number of carboxylic acids is 1. The maximum Gasteiger partial charge on any atom is 0.303 e. The summed E-state index contributed by atoms with van der Waals surface area (Å²) in [5, 5.41) is 13.5. The van der Waals surface area contributed by atoms with Crippen molar-refractivity contribution in [1.82, 2.24) is 10.1 Å². The molecule has 1 aliphatic rings. The lowest BCUT2D eigenvalue weighted by Gasteiger charge is -2.34. The second-order valence-electron chi connectivity index (χ2n) is 6.78. The highest BCUT2D eigenvalue weighted by Crippen LogP contribution is 2.29. The Bertz CT molecular complexity index is 804. The summed E-state index contributed by atoms with van der Waals surface area (Å²) < 4.78 is 5.26. The monoisotopic (exact) mass is 376 g/mol. The van der Waals surface area contributed by atoms with E-state index in [9.17, 15) is 9.59 Å². The Morgan fingerprint density at radius 3 is 2.92 bits per heavy atom. The average Bonchev–Trinajstić information content (AvgIpc) is 3.11. The summed E-state index contributed by atoms with van der Waals surface area (Å²) in [5.74, 6) is -0.652. The predicted molar refractivity (Wildman–Crippen MR) is 97.0 cm³/mol. The van der Waals surface area contributed by atoms with Gasteiger partial charge in [-0.05, 0) is 30.7 Å². The number of carboxylic acid groups (broad SMARTS) is 1. The molecule has 0 saturated carbocycles. The zero-order chi connectivity index (χ0) is 18.7. The van der Waals surface area contributed by atoms with Crippen molar-refractivity contribution >= 4 is 23.5 Å². The highest BCUT2D eigenvalue weighted by Gasteiger charge is 2.30. The first-order chi connectivity index (χ1) is 12.5. The lowest BCUT2D eigenvalue weighted by atomic mass is 9.84. The van der Waals surface area contributed by atoms with E-state index in [1.54, 1.807) is 17.0 Å². The molecule has 3 rings (SSSR count). The van der Waals surface area contributed by atoms with Gasteiger partial charge in [-0.2, -0.15) is 0 Å². The third-order valence-corrected chi connectivity index (χ3v) is 5.25. The van der Waals surface area contributed by atoms with Gasteiger partial charge in [-0.25, -0.2) is 0 Å². The van der Waals surface area contributed by atoms with E-state index < -0.39 is 5.97 Å². The third kappa shape index (κ3) is 4.07. The first kappa shape index (κ1) is 18.5. The number of carbonyl (C=O) groups excluding carboxylic acids is 1. The summed E-state index contributed by atoms with van der Waals surface area (Å²) in [4.78, 5) is 25.4. The fraction of sp³-hybridized carbons (Fsp3) is 0.421. The van der Waals surface area contributed by atoms with Crippen molar-refractivity contribution in [3.63, 3.8) is 0 Å². The topological polar surface area (TPSA) is 83.6 Å². The second kappa shape index (κ2) is 7.91. The number of hydrogen-bond acceptors (Lipinski definition) is 4. The zero-order valence-corrected chi connectivity index (χ0v) is 15.3. The number of amides is 1. The smallest absolute Gasteiger partial charge is 0.303 e. The summed E-state index contributed by atoms with van der Waals surface area (Å²) >= 11 is 6.17. The highest BCUT2D eigenvalue weighted by atomic mass is 35.5. The van der Waals surface area contributed by atoms with Crippen molar-refractivity contribution < 1.29 is 19.2 Å². The molecule has 1 aromatic heterocycles. The van der Waals surface area contributed by atoms with Crippen LogP contribution in [0.4, 0.5) is 0 Å². The molecular formula is C19H21ClN2O4. The third-order valence-electron chi connectivity index (χ3n) is 4.92. The number of aromatic nitrogens is 1. The fourth-order valence-corrected chi connectivity index (χ4v) is 3.66. The van der Waals surface area contributed by atoms with E-state index >= 15 is 0 Å². The van der Waals surface area contributed by atoms with Crippen molar-refractivity contribution in [2.75, 3.05) is 13.1 Å². The minimum atomic E-state index is -0.805. The molecule has 0 radical (unpaired) electrons. The molecule has 1 fully saturated rings. The van der Waals surface area contributed by atoms with E-state index in [0.717, 1.165) is 12.8 Å². The number of piperidine rings is 1. The van der Waals surface area contributed by atoms with Crippen molar-refractivity contribution in [1.29, 1.82) is 0 Å². The van der Waals surface area contributed by atoms with Crippen LogP contribution in [0, 0.1) is 11.8 Å². The molecule has 2 heterocycles. The molecule has 2 atom stereocenters. The molecular weight excluding hydrogens is 356 g/mol. The lowest BCUT2D eigenvalue weighted by Crippen LogP contribution is -2.41. The van der Waals surface area contributed by atoms with Gasteiger partial charge in [-0.3, -0.25) is 9.59 Å².